The molecule has 0 spiro atoms. The first-order chi connectivity index (χ1) is 13.5. The van der Waals surface area contributed by atoms with Crippen LogP contribution in [0.15, 0.2) is 54.9 Å². The second kappa shape index (κ2) is 9.33. The zero-order valence-electron chi connectivity index (χ0n) is 16.0. The van der Waals surface area contributed by atoms with Gasteiger partial charge >= 0.3 is 0 Å². The van der Waals surface area contributed by atoms with Crippen molar-refractivity contribution in [2.45, 2.75) is 26.8 Å². The highest BCUT2D eigenvalue weighted by Gasteiger charge is 2.11. The lowest BCUT2D eigenvalue weighted by Gasteiger charge is -2.04. The molecule has 0 aliphatic carbocycles. The van der Waals surface area contributed by atoms with Crippen LogP contribution in [-0.4, -0.2) is 27.2 Å². The predicted molar refractivity (Wildman–Crippen MR) is 112 cm³/mol. The number of aryl methyl sites for hydroxylation is 2. The van der Waals surface area contributed by atoms with Crippen LogP contribution in [0, 0.1) is 13.8 Å². The fraction of sp³-hybridized carbons (Fsp3) is 0.227. The number of carbonyl (C=O) groups excluding carboxylic acids is 1. The van der Waals surface area contributed by atoms with Gasteiger partial charge in [-0.2, -0.15) is 5.10 Å². The van der Waals surface area contributed by atoms with E-state index in [2.05, 4.69) is 46.6 Å². The quantitative estimate of drug-likeness (QED) is 0.617. The van der Waals surface area contributed by atoms with Crippen molar-refractivity contribution in [1.29, 1.82) is 0 Å². The maximum Gasteiger partial charge on any atom is 0.244 e. The van der Waals surface area contributed by atoms with Crippen LogP contribution in [0.3, 0.4) is 0 Å². The fourth-order valence-corrected chi connectivity index (χ4v) is 3.12. The molecule has 0 unspecified atom stereocenters. The summed E-state index contributed by atoms with van der Waals surface area (Å²) in [4.78, 5) is 16.1. The van der Waals surface area contributed by atoms with E-state index in [4.69, 9.17) is 11.6 Å². The molecule has 1 amide bonds. The molecule has 5 nitrogen and oxygen atoms in total. The molecule has 3 rings (SSSR count). The van der Waals surface area contributed by atoms with Gasteiger partial charge in [-0.3, -0.25) is 9.78 Å². The Labute approximate surface area is 170 Å². The monoisotopic (exact) mass is 394 g/mol. The van der Waals surface area contributed by atoms with E-state index in [1.54, 1.807) is 23.2 Å². The molecule has 0 radical (unpaired) electrons. The second-order valence-electron chi connectivity index (χ2n) is 6.67. The number of hydrogen-bond acceptors (Lipinski definition) is 3. The lowest BCUT2D eigenvalue weighted by molar-refractivity contribution is -0.116. The highest BCUT2D eigenvalue weighted by atomic mass is 35.5. The van der Waals surface area contributed by atoms with Crippen molar-refractivity contribution in [3.05, 3.63) is 88.0 Å². The maximum absolute atomic E-state index is 12.1. The third-order valence-electron chi connectivity index (χ3n) is 4.40. The third-order valence-corrected chi connectivity index (χ3v) is 4.80. The molecule has 1 N–H and O–H groups in total. The molecule has 6 heteroatoms. The lowest BCUT2D eigenvalue weighted by atomic mass is 10.1. The fourth-order valence-electron chi connectivity index (χ4n) is 2.82. The number of hydrogen-bond donors (Lipinski definition) is 1. The third kappa shape index (κ3) is 5.30. The molecule has 0 saturated heterocycles. The van der Waals surface area contributed by atoms with Gasteiger partial charge in [0.25, 0.3) is 0 Å². The van der Waals surface area contributed by atoms with Gasteiger partial charge in [-0.25, -0.2) is 4.68 Å². The highest BCUT2D eigenvalue weighted by Crippen LogP contribution is 2.22. The second-order valence-corrected chi connectivity index (χ2v) is 7.03. The average Bonchev–Trinajstić information content (AvgIpc) is 2.96. The number of pyridine rings is 1. The van der Waals surface area contributed by atoms with E-state index >= 15 is 0 Å². The first kappa shape index (κ1) is 19.8. The average molecular weight is 395 g/mol. The summed E-state index contributed by atoms with van der Waals surface area (Å²) >= 11 is 6.49. The number of nitrogens with zero attached hydrogens (tertiary/aromatic N) is 3. The minimum Gasteiger partial charge on any atom is -0.352 e. The van der Waals surface area contributed by atoms with Gasteiger partial charge in [0, 0.05) is 30.6 Å². The van der Waals surface area contributed by atoms with Crippen LogP contribution in [-0.2, 0) is 17.8 Å². The molecule has 0 aliphatic rings. The van der Waals surface area contributed by atoms with Crippen LogP contribution < -0.4 is 5.32 Å². The van der Waals surface area contributed by atoms with Gasteiger partial charge in [0.15, 0.2) is 0 Å². The Hall–Kier alpha value is -2.92. The van der Waals surface area contributed by atoms with Gasteiger partial charge < -0.3 is 5.32 Å². The lowest BCUT2D eigenvalue weighted by Crippen LogP contribution is -2.23. The minimum atomic E-state index is -0.161. The summed E-state index contributed by atoms with van der Waals surface area (Å²) in [6.45, 7) is 5.08. The SMILES string of the molecule is Cc1ccc(Cn2nc(C)c(/C=C/C(=O)NCCc3cccnc3)c2Cl)cc1. The van der Waals surface area contributed by atoms with Crippen molar-refractivity contribution in [1.82, 2.24) is 20.1 Å². The van der Waals surface area contributed by atoms with Crippen LogP contribution in [0.1, 0.15) is 27.9 Å². The molecule has 0 saturated carbocycles. The summed E-state index contributed by atoms with van der Waals surface area (Å²) < 4.78 is 1.75. The molecule has 2 heterocycles. The van der Waals surface area contributed by atoms with Gasteiger partial charge in [-0.1, -0.05) is 47.5 Å². The number of benzene rings is 1. The van der Waals surface area contributed by atoms with Gasteiger partial charge in [0.05, 0.1) is 12.2 Å². The molecule has 28 heavy (non-hydrogen) atoms. The molecule has 2 aromatic heterocycles. The topological polar surface area (TPSA) is 59.8 Å². The van der Waals surface area contributed by atoms with Gasteiger partial charge in [0.2, 0.25) is 5.91 Å². The van der Waals surface area contributed by atoms with Crippen LogP contribution in [0.2, 0.25) is 5.15 Å². The number of rotatable bonds is 7. The van der Waals surface area contributed by atoms with E-state index in [0.29, 0.717) is 18.2 Å². The number of amides is 1. The summed E-state index contributed by atoms with van der Waals surface area (Å²) in [5, 5.41) is 7.90. The molecule has 3 aromatic rings. The Morgan fingerprint density at radius 1 is 1.18 bits per heavy atom. The Morgan fingerprint density at radius 2 is 1.96 bits per heavy atom. The van der Waals surface area contributed by atoms with Crippen LogP contribution in [0.4, 0.5) is 0 Å². The highest BCUT2D eigenvalue weighted by molar-refractivity contribution is 6.31. The standard InChI is InChI=1S/C22H23ClN4O/c1-16-5-7-19(8-6-16)15-27-22(23)20(17(2)26-27)9-10-21(28)25-13-11-18-4-3-12-24-14-18/h3-10,12,14H,11,13,15H2,1-2H3,(H,25,28)/b10-9+. The zero-order chi connectivity index (χ0) is 19.9. The van der Waals surface area contributed by atoms with E-state index in [0.717, 1.165) is 28.8 Å². The summed E-state index contributed by atoms with van der Waals surface area (Å²) in [5.74, 6) is -0.161. The van der Waals surface area contributed by atoms with Crippen LogP contribution in [0.5, 0.6) is 0 Å². The first-order valence-corrected chi connectivity index (χ1v) is 9.54. The van der Waals surface area contributed by atoms with E-state index in [-0.39, 0.29) is 5.91 Å². The van der Waals surface area contributed by atoms with E-state index in [1.165, 1.54) is 11.6 Å². The predicted octanol–water partition coefficient (Wildman–Crippen LogP) is 3.97. The minimum absolute atomic E-state index is 0.161. The summed E-state index contributed by atoms with van der Waals surface area (Å²) in [5.41, 5.74) is 4.97. The molecule has 0 aliphatic heterocycles. The van der Waals surface area contributed by atoms with Crippen LogP contribution in [0.25, 0.3) is 6.08 Å². The molecular weight excluding hydrogens is 372 g/mol. The summed E-state index contributed by atoms with van der Waals surface area (Å²) in [6.07, 6.45) is 7.48. The number of carbonyl (C=O) groups is 1. The van der Waals surface area contributed by atoms with Crippen LogP contribution >= 0.6 is 11.6 Å². The van der Waals surface area contributed by atoms with Gasteiger partial charge in [-0.05, 0) is 43.5 Å². The number of nitrogens with one attached hydrogen (secondary N) is 1. The van der Waals surface area contributed by atoms with Gasteiger partial charge in [0.1, 0.15) is 5.15 Å². The molecule has 144 valence electrons. The van der Waals surface area contributed by atoms with Crippen molar-refractivity contribution in [2.24, 2.45) is 0 Å². The maximum atomic E-state index is 12.1. The number of aromatic nitrogens is 3. The molecule has 0 fully saturated rings. The smallest absolute Gasteiger partial charge is 0.244 e. The van der Waals surface area contributed by atoms with Crippen molar-refractivity contribution < 1.29 is 4.79 Å². The van der Waals surface area contributed by atoms with Gasteiger partial charge in [-0.15, -0.1) is 0 Å². The van der Waals surface area contributed by atoms with Crippen molar-refractivity contribution in [3.8, 4) is 0 Å². The largest absolute Gasteiger partial charge is 0.352 e. The summed E-state index contributed by atoms with van der Waals surface area (Å²) in [6, 6.07) is 12.1. The molecule has 0 bridgehead atoms. The van der Waals surface area contributed by atoms with Crippen molar-refractivity contribution in [3.63, 3.8) is 0 Å². The Bertz CT molecular complexity index is 962. The molecule has 1 aromatic carbocycles. The van der Waals surface area contributed by atoms with Crippen molar-refractivity contribution in [2.75, 3.05) is 6.54 Å². The number of halogens is 1. The Balaban J connectivity index is 1.59. The Morgan fingerprint density at radius 3 is 2.68 bits per heavy atom. The Kier molecular flexibility index (Phi) is 6.61. The molecule has 0 atom stereocenters. The van der Waals surface area contributed by atoms with Crippen molar-refractivity contribution >= 4 is 23.6 Å². The first-order valence-electron chi connectivity index (χ1n) is 9.16. The summed E-state index contributed by atoms with van der Waals surface area (Å²) in [7, 11) is 0. The normalized spacial score (nSPS) is 11.1. The van der Waals surface area contributed by atoms with E-state index in [9.17, 15) is 4.79 Å². The molecular formula is C22H23ClN4O. The zero-order valence-corrected chi connectivity index (χ0v) is 16.8. The van der Waals surface area contributed by atoms with E-state index in [1.807, 2.05) is 19.1 Å². The van der Waals surface area contributed by atoms with E-state index < -0.39 is 0 Å².